The quantitative estimate of drug-likeness (QED) is 0.489. The van der Waals surface area contributed by atoms with Gasteiger partial charge in [-0.3, -0.25) is 14.3 Å². The molecule has 0 spiro atoms. The van der Waals surface area contributed by atoms with Crippen LogP contribution < -0.4 is 27.2 Å². The van der Waals surface area contributed by atoms with Crippen LogP contribution in [0.15, 0.2) is 9.59 Å². The highest BCUT2D eigenvalue weighted by atomic mass is 32.1. The lowest BCUT2D eigenvalue weighted by molar-refractivity contribution is 0.604. The molecular weight excluding hydrogens is 314 g/mol. The van der Waals surface area contributed by atoms with E-state index in [1.54, 1.807) is 4.90 Å². The van der Waals surface area contributed by atoms with E-state index in [4.69, 9.17) is 18.0 Å². The first-order chi connectivity index (χ1) is 11.0. The molecule has 0 bridgehead atoms. The SMILES string of the molecule is CCCCNC(=S)N(CC)c1c(N)n(CCCC)c(=O)[nH]c1=O. The van der Waals surface area contributed by atoms with E-state index in [0.717, 1.165) is 32.2 Å². The van der Waals surface area contributed by atoms with Crippen molar-refractivity contribution in [1.82, 2.24) is 14.9 Å². The summed E-state index contributed by atoms with van der Waals surface area (Å²) in [5.41, 5.74) is 5.35. The maximum absolute atomic E-state index is 12.2. The number of anilines is 2. The van der Waals surface area contributed by atoms with Crippen molar-refractivity contribution in [2.45, 2.75) is 53.0 Å². The van der Waals surface area contributed by atoms with Gasteiger partial charge < -0.3 is 16.0 Å². The Morgan fingerprint density at radius 3 is 2.48 bits per heavy atom. The fourth-order valence-corrected chi connectivity index (χ4v) is 2.57. The summed E-state index contributed by atoms with van der Waals surface area (Å²) in [6, 6.07) is 0. The van der Waals surface area contributed by atoms with Gasteiger partial charge in [-0.2, -0.15) is 0 Å². The summed E-state index contributed by atoms with van der Waals surface area (Å²) < 4.78 is 1.40. The molecule has 1 heterocycles. The number of nitrogens with two attached hydrogens (primary N) is 1. The number of aromatic nitrogens is 2. The van der Waals surface area contributed by atoms with Crippen molar-refractivity contribution in [3.63, 3.8) is 0 Å². The van der Waals surface area contributed by atoms with Crippen molar-refractivity contribution < 1.29 is 0 Å². The average Bonchev–Trinajstić information content (AvgIpc) is 2.51. The van der Waals surface area contributed by atoms with E-state index in [1.165, 1.54) is 4.57 Å². The molecule has 0 aliphatic rings. The third-order valence-electron chi connectivity index (χ3n) is 3.59. The summed E-state index contributed by atoms with van der Waals surface area (Å²) >= 11 is 5.37. The van der Waals surface area contributed by atoms with Crippen LogP contribution in [0.5, 0.6) is 0 Å². The third-order valence-corrected chi connectivity index (χ3v) is 3.95. The zero-order chi connectivity index (χ0) is 17.4. The Morgan fingerprint density at radius 1 is 1.26 bits per heavy atom. The molecule has 1 aromatic rings. The number of nitrogens with one attached hydrogen (secondary N) is 2. The van der Waals surface area contributed by atoms with Gasteiger partial charge in [-0.15, -0.1) is 0 Å². The van der Waals surface area contributed by atoms with Crippen LogP contribution >= 0.6 is 12.2 Å². The Bertz CT molecular complexity index is 638. The Morgan fingerprint density at radius 2 is 1.91 bits per heavy atom. The molecule has 0 aliphatic heterocycles. The van der Waals surface area contributed by atoms with Crippen LogP contribution in [0, 0.1) is 0 Å². The van der Waals surface area contributed by atoms with Gasteiger partial charge in [0.15, 0.2) is 10.8 Å². The summed E-state index contributed by atoms with van der Waals surface area (Å²) in [5.74, 6) is 0.161. The number of aromatic amines is 1. The van der Waals surface area contributed by atoms with Gasteiger partial charge in [-0.05, 0) is 32.0 Å². The molecule has 0 aromatic carbocycles. The molecule has 0 radical (unpaired) electrons. The number of H-pyrrole nitrogens is 1. The topological polar surface area (TPSA) is 96.2 Å². The van der Waals surface area contributed by atoms with Crippen LogP contribution in [0.4, 0.5) is 11.5 Å². The highest BCUT2D eigenvalue weighted by molar-refractivity contribution is 7.80. The standard InChI is InChI=1S/C15H27N5O2S/c1-4-7-9-17-15(23)19(6-3)11-12(16)20(10-8-5-2)14(22)18-13(11)21/h4-10,16H2,1-3H3,(H,17,23)(H,18,21,22). The zero-order valence-corrected chi connectivity index (χ0v) is 15.0. The van der Waals surface area contributed by atoms with Crippen LogP contribution in [-0.2, 0) is 6.54 Å². The normalized spacial score (nSPS) is 10.6. The Kier molecular flexibility index (Phi) is 7.80. The second kappa shape index (κ2) is 9.34. The van der Waals surface area contributed by atoms with Crippen molar-refractivity contribution in [1.29, 1.82) is 0 Å². The molecule has 1 rings (SSSR count). The minimum atomic E-state index is -0.512. The molecule has 0 aliphatic carbocycles. The largest absolute Gasteiger partial charge is 0.383 e. The second-order valence-electron chi connectivity index (χ2n) is 5.33. The smallest absolute Gasteiger partial charge is 0.330 e. The third kappa shape index (κ3) is 4.82. The summed E-state index contributed by atoms with van der Waals surface area (Å²) in [6.45, 7) is 7.69. The van der Waals surface area contributed by atoms with Gasteiger partial charge in [0.25, 0.3) is 5.56 Å². The van der Waals surface area contributed by atoms with E-state index >= 15 is 0 Å². The molecule has 0 atom stereocenters. The fourth-order valence-electron chi connectivity index (χ4n) is 2.25. The van der Waals surface area contributed by atoms with E-state index in [9.17, 15) is 9.59 Å². The number of nitrogen functional groups attached to an aromatic ring is 1. The van der Waals surface area contributed by atoms with Crippen LogP contribution in [0.2, 0.25) is 0 Å². The maximum atomic E-state index is 12.2. The van der Waals surface area contributed by atoms with E-state index in [2.05, 4.69) is 17.2 Å². The predicted molar refractivity (Wildman–Crippen MR) is 99.2 cm³/mol. The number of nitrogens with zero attached hydrogens (tertiary/aromatic N) is 2. The first kappa shape index (κ1) is 19.2. The maximum Gasteiger partial charge on any atom is 0.330 e. The van der Waals surface area contributed by atoms with Gasteiger partial charge >= 0.3 is 5.69 Å². The Balaban J connectivity index is 3.19. The van der Waals surface area contributed by atoms with Crippen molar-refractivity contribution in [3.8, 4) is 0 Å². The summed E-state index contributed by atoms with van der Waals surface area (Å²) in [4.78, 5) is 28.2. The van der Waals surface area contributed by atoms with Crippen LogP contribution in [0.1, 0.15) is 46.5 Å². The van der Waals surface area contributed by atoms with Crippen molar-refractivity contribution in [2.75, 3.05) is 23.7 Å². The summed E-state index contributed by atoms with van der Waals surface area (Å²) in [7, 11) is 0. The lowest BCUT2D eigenvalue weighted by Gasteiger charge is -2.25. The molecule has 130 valence electrons. The molecule has 8 heteroatoms. The minimum absolute atomic E-state index is 0.161. The molecule has 0 fully saturated rings. The Labute approximate surface area is 141 Å². The van der Waals surface area contributed by atoms with Gasteiger partial charge in [-0.25, -0.2) is 4.79 Å². The second-order valence-corrected chi connectivity index (χ2v) is 5.71. The van der Waals surface area contributed by atoms with Crippen molar-refractivity contribution in [3.05, 3.63) is 20.8 Å². The molecule has 0 unspecified atom stereocenters. The van der Waals surface area contributed by atoms with E-state index in [1.807, 2.05) is 13.8 Å². The van der Waals surface area contributed by atoms with Gasteiger partial charge in [-0.1, -0.05) is 26.7 Å². The predicted octanol–water partition coefficient (Wildman–Crippen LogP) is 1.42. The zero-order valence-electron chi connectivity index (χ0n) is 14.1. The Hall–Kier alpha value is -1.83. The highest BCUT2D eigenvalue weighted by Crippen LogP contribution is 2.17. The lowest BCUT2D eigenvalue weighted by Crippen LogP contribution is -2.45. The first-order valence-corrected chi connectivity index (χ1v) is 8.56. The van der Waals surface area contributed by atoms with E-state index in [0.29, 0.717) is 18.2 Å². The van der Waals surface area contributed by atoms with Crippen molar-refractivity contribution in [2.24, 2.45) is 0 Å². The average molecular weight is 341 g/mol. The van der Waals surface area contributed by atoms with Gasteiger partial charge in [0.05, 0.1) is 0 Å². The van der Waals surface area contributed by atoms with Crippen molar-refractivity contribution >= 4 is 28.8 Å². The van der Waals surface area contributed by atoms with E-state index < -0.39 is 11.2 Å². The molecule has 7 nitrogen and oxygen atoms in total. The molecular formula is C15H27N5O2S. The number of thiocarbonyl (C=S) groups is 1. The monoisotopic (exact) mass is 341 g/mol. The van der Waals surface area contributed by atoms with Crippen LogP contribution in [0.25, 0.3) is 0 Å². The van der Waals surface area contributed by atoms with Gasteiger partial charge in [0.1, 0.15) is 5.82 Å². The first-order valence-electron chi connectivity index (χ1n) is 8.15. The molecule has 4 N–H and O–H groups in total. The molecule has 1 aromatic heterocycles. The summed E-state index contributed by atoms with van der Waals surface area (Å²) in [5, 5.41) is 3.57. The number of unbranched alkanes of at least 4 members (excludes halogenated alkanes) is 2. The molecule has 0 amide bonds. The molecule has 0 saturated carbocycles. The lowest BCUT2D eigenvalue weighted by atomic mass is 10.3. The molecule has 23 heavy (non-hydrogen) atoms. The van der Waals surface area contributed by atoms with Crippen LogP contribution in [0.3, 0.4) is 0 Å². The number of rotatable bonds is 8. The van der Waals surface area contributed by atoms with Gasteiger partial charge in [0.2, 0.25) is 0 Å². The number of hydrogen-bond donors (Lipinski definition) is 3. The van der Waals surface area contributed by atoms with Crippen LogP contribution in [-0.4, -0.2) is 27.8 Å². The van der Waals surface area contributed by atoms with Gasteiger partial charge in [0, 0.05) is 19.6 Å². The van der Waals surface area contributed by atoms with E-state index in [-0.39, 0.29) is 11.5 Å². The number of hydrogen-bond acceptors (Lipinski definition) is 4. The summed E-state index contributed by atoms with van der Waals surface area (Å²) in [6.07, 6.45) is 3.77. The highest BCUT2D eigenvalue weighted by Gasteiger charge is 2.20. The molecule has 0 saturated heterocycles. The minimum Gasteiger partial charge on any atom is -0.383 e. The fraction of sp³-hybridized carbons (Fsp3) is 0.667.